The summed E-state index contributed by atoms with van der Waals surface area (Å²) in [4.78, 5) is 30.3. The molecule has 1 aliphatic heterocycles. The Morgan fingerprint density at radius 2 is 2.08 bits per heavy atom. The molecule has 1 atom stereocenters. The smallest absolute Gasteiger partial charge is 0.338 e. The highest BCUT2D eigenvalue weighted by molar-refractivity contribution is 5.90. The maximum atomic E-state index is 12.3. The molecule has 0 radical (unpaired) electrons. The molecular formula is C20H19N3O3. The van der Waals surface area contributed by atoms with Gasteiger partial charge in [0.1, 0.15) is 0 Å². The van der Waals surface area contributed by atoms with E-state index in [1.165, 1.54) is 0 Å². The van der Waals surface area contributed by atoms with Crippen LogP contribution in [0.3, 0.4) is 0 Å². The maximum absolute atomic E-state index is 12.3. The number of nitrogens with zero attached hydrogens (tertiary/aromatic N) is 3. The van der Waals surface area contributed by atoms with Crippen molar-refractivity contribution in [2.75, 3.05) is 13.2 Å². The highest BCUT2D eigenvalue weighted by Crippen LogP contribution is 2.21. The zero-order chi connectivity index (χ0) is 17.9. The SMILES string of the molecule is O=C(OC[C@H]1CC(=O)N(Cc2ccccc2)C1)c1ccn2cncc2c1. The molecule has 1 fully saturated rings. The number of hydrogen-bond acceptors (Lipinski definition) is 4. The minimum absolute atomic E-state index is 0.0360. The first-order valence-electron chi connectivity index (χ1n) is 8.59. The fourth-order valence-electron chi connectivity index (χ4n) is 3.25. The van der Waals surface area contributed by atoms with E-state index in [2.05, 4.69) is 4.98 Å². The lowest BCUT2D eigenvalue weighted by Crippen LogP contribution is -2.25. The van der Waals surface area contributed by atoms with E-state index in [0.29, 0.717) is 25.1 Å². The lowest BCUT2D eigenvalue weighted by molar-refractivity contribution is -0.128. The normalized spacial score (nSPS) is 17.0. The van der Waals surface area contributed by atoms with Gasteiger partial charge in [-0.3, -0.25) is 4.79 Å². The average Bonchev–Trinajstić information content (AvgIpc) is 3.26. The predicted octanol–water partition coefficient (Wildman–Crippen LogP) is 2.54. The van der Waals surface area contributed by atoms with Gasteiger partial charge in [-0.15, -0.1) is 0 Å². The molecule has 0 bridgehead atoms. The fourth-order valence-corrected chi connectivity index (χ4v) is 3.25. The monoisotopic (exact) mass is 349 g/mol. The van der Waals surface area contributed by atoms with E-state index in [-0.39, 0.29) is 24.4 Å². The number of amides is 1. The first-order chi connectivity index (χ1) is 12.7. The van der Waals surface area contributed by atoms with E-state index in [1.807, 2.05) is 39.6 Å². The summed E-state index contributed by atoms with van der Waals surface area (Å²) in [5, 5.41) is 0. The zero-order valence-electron chi connectivity index (χ0n) is 14.2. The van der Waals surface area contributed by atoms with E-state index >= 15 is 0 Å². The Bertz CT molecular complexity index is 936. The number of esters is 1. The molecule has 1 amide bonds. The van der Waals surface area contributed by atoms with Crippen molar-refractivity contribution in [1.82, 2.24) is 14.3 Å². The molecule has 6 heteroatoms. The van der Waals surface area contributed by atoms with Gasteiger partial charge in [0.25, 0.3) is 0 Å². The molecule has 0 aliphatic carbocycles. The number of imidazole rings is 1. The Kier molecular flexibility index (Phi) is 4.39. The third-order valence-electron chi connectivity index (χ3n) is 4.61. The number of fused-ring (bicyclic) bond motifs is 1. The van der Waals surface area contributed by atoms with Crippen LogP contribution in [0.15, 0.2) is 61.2 Å². The first kappa shape index (κ1) is 16.3. The molecule has 1 aliphatic rings. The molecule has 0 N–H and O–H groups in total. The highest BCUT2D eigenvalue weighted by atomic mass is 16.5. The molecule has 0 spiro atoms. The van der Waals surface area contributed by atoms with Crippen molar-refractivity contribution in [1.29, 1.82) is 0 Å². The summed E-state index contributed by atoms with van der Waals surface area (Å²) in [6, 6.07) is 13.4. The fraction of sp³-hybridized carbons (Fsp3) is 0.250. The van der Waals surface area contributed by atoms with Crippen molar-refractivity contribution in [3.05, 3.63) is 72.3 Å². The van der Waals surface area contributed by atoms with E-state index < -0.39 is 0 Å². The highest BCUT2D eigenvalue weighted by Gasteiger charge is 2.30. The van der Waals surface area contributed by atoms with E-state index in [1.54, 1.807) is 30.9 Å². The summed E-state index contributed by atoms with van der Waals surface area (Å²) in [6.45, 7) is 1.46. The zero-order valence-corrected chi connectivity index (χ0v) is 14.2. The molecule has 0 saturated carbocycles. The van der Waals surface area contributed by atoms with E-state index in [0.717, 1.165) is 11.1 Å². The molecule has 4 rings (SSSR count). The van der Waals surface area contributed by atoms with Gasteiger partial charge in [-0.2, -0.15) is 0 Å². The van der Waals surface area contributed by atoms with Crippen molar-refractivity contribution in [2.45, 2.75) is 13.0 Å². The molecule has 1 saturated heterocycles. The summed E-state index contributed by atoms with van der Waals surface area (Å²) in [7, 11) is 0. The first-order valence-corrected chi connectivity index (χ1v) is 8.59. The molecule has 3 aromatic rings. The van der Waals surface area contributed by atoms with Gasteiger partial charge in [-0.25, -0.2) is 9.78 Å². The van der Waals surface area contributed by atoms with Crippen molar-refractivity contribution in [2.24, 2.45) is 5.92 Å². The lowest BCUT2D eigenvalue weighted by atomic mass is 10.1. The maximum Gasteiger partial charge on any atom is 0.338 e. The molecule has 26 heavy (non-hydrogen) atoms. The minimum Gasteiger partial charge on any atom is -0.462 e. The molecule has 132 valence electrons. The second-order valence-corrected chi connectivity index (χ2v) is 6.57. The summed E-state index contributed by atoms with van der Waals surface area (Å²) in [6.07, 6.45) is 5.56. The Balaban J connectivity index is 1.33. The number of benzene rings is 1. The van der Waals surface area contributed by atoms with Gasteiger partial charge in [-0.1, -0.05) is 30.3 Å². The van der Waals surface area contributed by atoms with Crippen molar-refractivity contribution in [3.8, 4) is 0 Å². The van der Waals surface area contributed by atoms with Crippen LogP contribution < -0.4 is 0 Å². The summed E-state index contributed by atoms with van der Waals surface area (Å²) >= 11 is 0. The molecule has 2 aromatic heterocycles. The number of pyridine rings is 1. The molecular weight excluding hydrogens is 330 g/mol. The number of likely N-dealkylation sites (tertiary alicyclic amines) is 1. The van der Waals surface area contributed by atoms with Crippen LogP contribution in [0.1, 0.15) is 22.3 Å². The number of carbonyl (C=O) groups is 2. The van der Waals surface area contributed by atoms with Crippen LogP contribution in [0.5, 0.6) is 0 Å². The third-order valence-corrected chi connectivity index (χ3v) is 4.61. The number of ether oxygens (including phenoxy) is 1. The van der Waals surface area contributed by atoms with Gasteiger partial charge in [-0.05, 0) is 17.7 Å². The predicted molar refractivity (Wildman–Crippen MR) is 95.4 cm³/mol. The Morgan fingerprint density at radius 3 is 2.92 bits per heavy atom. The van der Waals surface area contributed by atoms with Gasteiger partial charge >= 0.3 is 5.97 Å². The second kappa shape index (κ2) is 7.00. The summed E-state index contributed by atoms with van der Waals surface area (Å²) < 4.78 is 7.26. The van der Waals surface area contributed by atoms with Crippen LogP contribution in [0.2, 0.25) is 0 Å². The quantitative estimate of drug-likeness (QED) is 0.664. The van der Waals surface area contributed by atoms with Crippen LogP contribution in [-0.4, -0.2) is 39.3 Å². The molecule has 1 aromatic carbocycles. The number of rotatable bonds is 5. The topological polar surface area (TPSA) is 63.9 Å². The van der Waals surface area contributed by atoms with Crippen LogP contribution in [0.4, 0.5) is 0 Å². The van der Waals surface area contributed by atoms with Crippen LogP contribution in [0.25, 0.3) is 5.52 Å². The van der Waals surface area contributed by atoms with Gasteiger partial charge in [0.15, 0.2) is 0 Å². The van der Waals surface area contributed by atoms with Crippen molar-refractivity contribution >= 4 is 17.4 Å². The summed E-state index contributed by atoms with van der Waals surface area (Å²) in [5.41, 5.74) is 2.43. The Morgan fingerprint density at radius 1 is 1.23 bits per heavy atom. The number of carbonyl (C=O) groups excluding carboxylic acids is 2. The second-order valence-electron chi connectivity index (χ2n) is 6.57. The van der Waals surface area contributed by atoms with Crippen LogP contribution in [-0.2, 0) is 16.1 Å². The van der Waals surface area contributed by atoms with Gasteiger partial charge in [0.05, 0.1) is 30.2 Å². The Hall–Kier alpha value is -3.15. The summed E-state index contributed by atoms with van der Waals surface area (Å²) in [5.74, 6) is -0.230. The van der Waals surface area contributed by atoms with Crippen LogP contribution >= 0.6 is 0 Å². The largest absolute Gasteiger partial charge is 0.462 e. The van der Waals surface area contributed by atoms with Gasteiger partial charge < -0.3 is 14.0 Å². The standard InChI is InChI=1S/C20H19N3O3/c24-19-8-16(12-23(19)11-15-4-2-1-3-5-15)13-26-20(25)17-6-7-22-14-21-10-18(22)9-17/h1-7,9-10,14,16H,8,11-13H2/t16-/m0/s1. The molecule has 6 nitrogen and oxygen atoms in total. The third kappa shape index (κ3) is 3.44. The van der Waals surface area contributed by atoms with Crippen molar-refractivity contribution < 1.29 is 14.3 Å². The van der Waals surface area contributed by atoms with E-state index in [9.17, 15) is 9.59 Å². The molecule has 3 heterocycles. The van der Waals surface area contributed by atoms with Gasteiger partial charge in [0, 0.05) is 31.6 Å². The average molecular weight is 349 g/mol. The number of aromatic nitrogens is 2. The van der Waals surface area contributed by atoms with Gasteiger partial charge in [0.2, 0.25) is 5.91 Å². The lowest BCUT2D eigenvalue weighted by Gasteiger charge is -2.16. The van der Waals surface area contributed by atoms with Crippen molar-refractivity contribution in [3.63, 3.8) is 0 Å². The minimum atomic E-state index is -0.373. The van der Waals surface area contributed by atoms with Crippen LogP contribution in [0, 0.1) is 5.92 Å². The Labute approximate surface area is 151 Å². The molecule has 0 unspecified atom stereocenters. The number of hydrogen-bond donors (Lipinski definition) is 0. The van der Waals surface area contributed by atoms with E-state index in [4.69, 9.17) is 4.74 Å².